The van der Waals surface area contributed by atoms with Gasteiger partial charge in [-0.1, -0.05) is 0 Å². The predicted octanol–water partition coefficient (Wildman–Crippen LogP) is -10.3. The van der Waals surface area contributed by atoms with Gasteiger partial charge in [-0.25, -0.2) is 4.79 Å². The molecule has 0 aromatic carbocycles. The maximum atomic E-state index is 12.8. The van der Waals surface area contributed by atoms with E-state index in [0.29, 0.717) is 0 Å². The normalized spacial score (nSPS) is 45.1. The summed E-state index contributed by atoms with van der Waals surface area (Å²) in [6, 6.07) is -3.30. The Kier molecular flexibility index (Phi) is 16.4. The third-order valence-electron chi connectivity index (χ3n) is 9.98. The van der Waals surface area contributed by atoms with Gasteiger partial charge in [-0.3, -0.25) is 9.59 Å². The molecule has 4 aliphatic heterocycles. The molecule has 2 amide bonds. The number of nitrogens with one attached hydrogen (secondary N) is 2. The number of carbonyl (C=O) groups is 3. The van der Waals surface area contributed by atoms with Crippen molar-refractivity contribution in [2.45, 2.75) is 149 Å². The van der Waals surface area contributed by atoms with Gasteiger partial charge in [-0.15, -0.1) is 0 Å². The number of hydrogen-bond acceptors (Lipinski definition) is 23. The van der Waals surface area contributed by atoms with Gasteiger partial charge >= 0.3 is 5.97 Å². The lowest BCUT2D eigenvalue weighted by atomic mass is 9.88. The van der Waals surface area contributed by atoms with Crippen LogP contribution in [0.4, 0.5) is 0 Å². The van der Waals surface area contributed by atoms with Crippen LogP contribution in [0.3, 0.4) is 0 Å². The first-order valence-electron chi connectivity index (χ1n) is 17.7. The molecule has 4 fully saturated rings. The Hall–Kier alpha value is -2.39. The molecule has 57 heavy (non-hydrogen) atoms. The molecule has 0 spiro atoms. The summed E-state index contributed by atoms with van der Waals surface area (Å²) in [5.41, 5.74) is 0. The summed E-state index contributed by atoms with van der Waals surface area (Å²) in [5, 5.41) is 151. The lowest BCUT2D eigenvalue weighted by Gasteiger charge is -2.51. The second-order valence-electron chi connectivity index (χ2n) is 14.0. The predicted molar refractivity (Wildman–Crippen MR) is 174 cm³/mol. The SMILES string of the molecule is CC(=O)N[C@H]1[C@H](O[C@H]2[C@@H](O)[C@@H](CO)OC(O)[C@@H]2O)O[C@H](CO)[C@@H](O[C@@H]2O[C@H](CO)[C@H](O)[C@H](O[C@]3(C(=O)O)C[C@H](O)[C@@H](NC(C)=O)[C@H]([C@H](O)[C@H](O)CO)O3)[C@H]2O)[C@@H]1O. The number of carboxylic acids is 1. The van der Waals surface area contributed by atoms with Gasteiger partial charge in [0.1, 0.15) is 91.5 Å². The van der Waals surface area contributed by atoms with Gasteiger partial charge < -0.3 is 115 Å². The molecule has 0 saturated carbocycles. The molecule has 0 bridgehead atoms. The highest BCUT2D eigenvalue weighted by molar-refractivity contribution is 5.76. The number of rotatable bonds is 15. The Morgan fingerprint density at radius 2 is 1.21 bits per heavy atom. The van der Waals surface area contributed by atoms with Gasteiger partial charge in [0.2, 0.25) is 11.8 Å². The van der Waals surface area contributed by atoms with Crippen molar-refractivity contribution >= 4 is 17.8 Å². The van der Waals surface area contributed by atoms with E-state index in [0.717, 1.165) is 13.8 Å². The lowest BCUT2D eigenvalue weighted by Crippen LogP contribution is -2.71. The van der Waals surface area contributed by atoms with Crippen LogP contribution in [0.2, 0.25) is 0 Å². The number of ether oxygens (including phenoxy) is 7. The fraction of sp³-hybridized carbons (Fsp3) is 0.903. The third-order valence-corrected chi connectivity index (χ3v) is 9.98. The van der Waals surface area contributed by atoms with E-state index >= 15 is 0 Å². The summed E-state index contributed by atoms with van der Waals surface area (Å²) in [6.45, 7) is -1.98. The van der Waals surface area contributed by atoms with E-state index in [1.165, 1.54) is 0 Å². The summed E-state index contributed by atoms with van der Waals surface area (Å²) in [5.74, 6) is -6.74. The average molecular weight is 837 g/mol. The molecule has 0 radical (unpaired) electrons. The number of aliphatic hydroxyl groups is 13. The van der Waals surface area contributed by atoms with Gasteiger partial charge in [0.05, 0.1) is 38.6 Å². The number of aliphatic hydroxyl groups excluding tert-OH is 13. The van der Waals surface area contributed by atoms with Crippen molar-refractivity contribution in [2.24, 2.45) is 0 Å². The zero-order chi connectivity index (χ0) is 42.7. The lowest BCUT2D eigenvalue weighted by molar-refractivity contribution is -0.386. The van der Waals surface area contributed by atoms with E-state index in [9.17, 15) is 85.9 Å². The van der Waals surface area contributed by atoms with Crippen molar-refractivity contribution in [1.82, 2.24) is 10.6 Å². The van der Waals surface area contributed by atoms with Crippen LogP contribution in [0, 0.1) is 0 Å². The van der Waals surface area contributed by atoms with Gasteiger partial charge in [0.25, 0.3) is 5.79 Å². The Balaban J connectivity index is 1.63. The zero-order valence-corrected chi connectivity index (χ0v) is 30.4. The Morgan fingerprint density at radius 3 is 1.75 bits per heavy atom. The van der Waals surface area contributed by atoms with Crippen LogP contribution in [0.25, 0.3) is 0 Å². The van der Waals surface area contributed by atoms with E-state index in [4.69, 9.17) is 33.2 Å². The van der Waals surface area contributed by atoms with Crippen LogP contribution in [-0.2, 0) is 47.5 Å². The summed E-state index contributed by atoms with van der Waals surface area (Å²) in [4.78, 5) is 36.9. The smallest absolute Gasteiger partial charge is 0.364 e. The Morgan fingerprint density at radius 1 is 0.684 bits per heavy atom. The fourth-order valence-corrected chi connectivity index (χ4v) is 7.05. The minimum Gasteiger partial charge on any atom is -0.477 e. The molecule has 21 atom stereocenters. The highest BCUT2D eigenvalue weighted by atomic mass is 16.8. The van der Waals surface area contributed by atoms with Crippen molar-refractivity contribution < 1.29 is 119 Å². The van der Waals surface area contributed by atoms with Crippen molar-refractivity contribution in [1.29, 1.82) is 0 Å². The van der Waals surface area contributed by atoms with Gasteiger partial charge in [-0.2, -0.15) is 0 Å². The maximum absolute atomic E-state index is 12.8. The van der Waals surface area contributed by atoms with Gasteiger partial charge in [0, 0.05) is 20.3 Å². The Bertz CT molecular complexity index is 1350. The Labute approximate surface area is 322 Å². The highest BCUT2D eigenvalue weighted by Gasteiger charge is 2.60. The van der Waals surface area contributed by atoms with Crippen molar-refractivity contribution in [3.8, 4) is 0 Å². The zero-order valence-electron chi connectivity index (χ0n) is 30.4. The summed E-state index contributed by atoms with van der Waals surface area (Å²) < 4.78 is 38.8. The summed E-state index contributed by atoms with van der Waals surface area (Å²) in [6.07, 6.45) is -36.2. The van der Waals surface area contributed by atoms with Crippen LogP contribution < -0.4 is 10.6 Å². The second kappa shape index (κ2) is 19.8. The molecule has 0 aromatic heterocycles. The minimum absolute atomic E-state index is 0.787. The molecule has 26 nitrogen and oxygen atoms in total. The molecular weight excluding hydrogens is 784 g/mol. The molecule has 4 heterocycles. The maximum Gasteiger partial charge on any atom is 0.364 e. The van der Waals surface area contributed by atoms with E-state index in [1.807, 2.05) is 0 Å². The number of carboxylic acid groups (broad SMARTS) is 1. The van der Waals surface area contributed by atoms with Crippen LogP contribution in [0.15, 0.2) is 0 Å². The standard InChI is InChI=1S/C31H52N2O24/c1-8(38)32-15-10(40)3-31(30(49)50,56-24(15)17(42)11(41)4-34)57-26-19(44)13(6-36)52-29(22(26)47)54-23-14(7-37)53-28(16(20(23)45)33-9(2)39)55-25-18(43)12(5-35)51-27(48)21(25)46/h10-29,34-37,40-48H,3-7H2,1-2H3,(H,32,38)(H,33,39)(H,49,50)/t10-,11+,12+,13+,14+,15+,16+,17+,18-,19-,20+,21+,22+,23+,24+,25-,26-,27?,28-,29-,31-/m0/s1. The van der Waals surface area contributed by atoms with E-state index in [2.05, 4.69) is 10.6 Å². The average Bonchev–Trinajstić information content (AvgIpc) is 3.16. The van der Waals surface area contributed by atoms with E-state index < -0.39 is 179 Å². The molecule has 16 N–H and O–H groups in total. The molecule has 4 rings (SSSR count). The number of amides is 2. The van der Waals surface area contributed by atoms with Crippen LogP contribution in [-0.4, -0.2) is 244 Å². The van der Waals surface area contributed by atoms with Gasteiger partial charge in [0.15, 0.2) is 18.9 Å². The fourth-order valence-electron chi connectivity index (χ4n) is 7.05. The molecule has 4 saturated heterocycles. The number of hydrogen-bond donors (Lipinski definition) is 16. The molecule has 4 aliphatic rings. The molecule has 330 valence electrons. The summed E-state index contributed by atoms with van der Waals surface area (Å²) in [7, 11) is 0. The van der Waals surface area contributed by atoms with E-state index in [1.54, 1.807) is 0 Å². The van der Waals surface area contributed by atoms with Crippen molar-refractivity contribution in [3.05, 3.63) is 0 Å². The van der Waals surface area contributed by atoms with Crippen LogP contribution in [0.5, 0.6) is 0 Å². The quantitative estimate of drug-likeness (QED) is 0.0728. The van der Waals surface area contributed by atoms with Crippen molar-refractivity contribution in [2.75, 3.05) is 26.4 Å². The molecule has 0 aromatic rings. The number of aliphatic carboxylic acids is 1. The molecule has 1 unspecified atom stereocenters. The van der Waals surface area contributed by atoms with Gasteiger partial charge in [-0.05, 0) is 0 Å². The summed E-state index contributed by atoms with van der Waals surface area (Å²) >= 11 is 0. The van der Waals surface area contributed by atoms with Crippen molar-refractivity contribution in [3.63, 3.8) is 0 Å². The first-order valence-corrected chi connectivity index (χ1v) is 17.7. The molecule has 26 heteroatoms. The van der Waals surface area contributed by atoms with Crippen LogP contribution in [0.1, 0.15) is 20.3 Å². The number of carbonyl (C=O) groups excluding carboxylic acids is 2. The third kappa shape index (κ3) is 10.2. The van der Waals surface area contributed by atoms with E-state index in [-0.39, 0.29) is 0 Å². The molecular formula is C31H52N2O24. The minimum atomic E-state index is -3.12. The topological polar surface area (TPSA) is 423 Å². The largest absolute Gasteiger partial charge is 0.477 e. The van der Waals surface area contributed by atoms with Crippen LogP contribution >= 0.6 is 0 Å². The first-order chi connectivity index (χ1) is 26.7. The first kappa shape index (κ1) is 47.3. The molecule has 0 aliphatic carbocycles. The highest BCUT2D eigenvalue weighted by Crippen LogP contribution is 2.39. The monoisotopic (exact) mass is 836 g/mol. The second-order valence-corrected chi connectivity index (χ2v) is 14.0.